The van der Waals surface area contributed by atoms with Crippen LogP contribution in [-0.4, -0.2) is 43.7 Å². The molecule has 0 N–H and O–H groups in total. The van der Waals surface area contributed by atoms with Crippen molar-refractivity contribution in [2.75, 3.05) is 33.9 Å². The van der Waals surface area contributed by atoms with Crippen LogP contribution in [0.5, 0.6) is 0 Å². The predicted molar refractivity (Wildman–Crippen MR) is 75.4 cm³/mol. The topological polar surface area (TPSA) is 6.48 Å². The first-order chi connectivity index (χ1) is 5.60. The Labute approximate surface area is 99.7 Å². The van der Waals surface area contributed by atoms with Crippen molar-refractivity contribution in [2.24, 2.45) is 5.92 Å². The molecule has 0 aromatic heterocycles. The summed E-state index contributed by atoms with van der Waals surface area (Å²) in [7, 11) is 4.35. The van der Waals surface area contributed by atoms with Crippen molar-refractivity contribution in [3.63, 3.8) is 0 Å². The summed E-state index contributed by atoms with van der Waals surface area (Å²) in [6, 6.07) is 0. The predicted octanol–water partition coefficient (Wildman–Crippen LogP) is 3.78. The van der Waals surface area contributed by atoms with E-state index in [1.807, 2.05) is 0 Å². The molecule has 1 unspecified atom stereocenters. The summed E-state index contributed by atoms with van der Waals surface area (Å²) in [6.45, 7) is 10.2. The summed E-state index contributed by atoms with van der Waals surface area (Å²) in [5, 5.41) is 0. The second-order valence-electron chi connectivity index (χ2n) is 3.87. The summed E-state index contributed by atoms with van der Waals surface area (Å²) in [6.07, 6.45) is 1.28. The quantitative estimate of drug-likeness (QED) is 0.629. The average molecular weight is 220 g/mol. The Bertz CT molecular complexity index is 92.7. The molecule has 0 aliphatic rings. The zero-order chi connectivity index (χ0) is 9.56. The molecule has 0 aliphatic carbocycles. The summed E-state index contributed by atoms with van der Waals surface area (Å²) in [5.41, 5.74) is 0. The third-order valence-corrected chi connectivity index (χ3v) is 2.34. The molecule has 0 radical (unpaired) electrons. The Morgan fingerprint density at radius 2 is 1.40 bits per heavy atom. The molecule has 15 heavy (non-hydrogen) atoms. The third kappa shape index (κ3) is 13.9. The van der Waals surface area contributed by atoms with Crippen molar-refractivity contribution in [3.8, 4) is 0 Å². The van der Waals surface area contributed by atoms with Crippen molar-refractivity contribution in [3.05, 3.63) is 0 Å². The van der Waals surface area contributed by atoms with Crippen molar-refractivity contribution in [2.45, 2.75) is 49.5 Å². The first kappa shape index (κ1) is 24.2. The molecule has 0 heterocycles. The molecule has 2 nitrogen and oxygen atoms in total. The van der Waals surface area contributed by atoms with E-state index in [2.05, 4.69) is 44.7 Å². The standard InChI is InChI=1S/C10H24N2.3CH4/c1-6-10(3)8-12(5)9-11(4)7-2;;;/h10H,6-9H2,1-5H3;3*1H4. The maximum Gasteiger partial charge on any atom is 0.0500 e. The van der Waals surface area contributed by atoms with Gasteiger partial charge < -0.3 is 0 Å². The van der Waals surface area contributed by atoms with Crippen LogP contribution in [0.25, 0.3) is 0 Å². The molecule has 0 bridgehead atoms. The molecule has 2 heteroatoms. The minimum absolute atomic E-state index is 0. The molecular formula is C13H36N2. The lowest BCUT2D eigenvalue weighted by molar-refractivity contribution is 0.170. The van der Waals surface area contributed by atoms with E-state index < -0.39 is 0 Å². The van der Waals surface area contributed by atoms with Gasteiger partial charge in [-0.15, -0.1) is 0 Å². The van der Waals surface area contributed by atoms with Crippen LogP contribution in [0, 0.1) is 5.92 Å². The van der Waals surface area contributed by atoms with E-state index >= 15 is 0 Å². The molecule has 0 aromatic carbocycles. The smallest absolute Gasteiger partial charge is 0.0500 e. The zero-order valence-electron chi connectivity index (χ0n) is 9.30. The van der Waals surface area contributed by atoms with Crippen molar-refractivity contribution in [1.82, 2.24) is 9.80 Å². The van der Waals surface area contributed by atoms with E-state index in [4.69, 9.17) is 0 Å². The fourth-order valence-corrected chi connectivity index (χ4v) is 1.23. The molecule has 98 valence electrons. The first-order valence-corrected chi connectivity index (χ1v) is 4.97. The van der Waals surface area contributed by atoms with Gasteiger partial charge in [-0.3, -0.25) is 9.80 Å². The molecule has 0 amide bonds. The van der Waals surface area contributed by atoms with Crippen LogP contribution in [0.1, 0.15) is 49.5 Å². The molecule has 0 rings (SSSR count). The highest BCUT2D eigenvalue weighted by Gasteiger charge is 2.05. The first-order valence-electron chi connectivity index (χ1n) is 4.97. The van der Waals surface area contributed by atoms with Gasteiger partial charge in [-0.25, -0.2) is 0 Å². The Morgan fingerprint density at radius 1 is 0.933 bits per heavy atom. The van der Waals surface area contributed by atoms with Gasteiger partial charge in [0.2, 0.25) is 0 Å². The van der Waals surface area contributed by atoms with Gasteiger partial charge in [0.25, 0.3) is 0 Å². The Morgan fingerprint density at radius 3 is 1.73 bits per heavy atom. The molecular weight excluding hydrogens is 184 g/mol. The van der Waals surface area contributed by atoms with E-state index in [1.165, 1.54) is 13.0 Å². The van der Waals surface area contributed by atoms with Gasteiger partial charge >= 0.3 is 0 Å². The van der Waals surface area contributed by atoms with Crippen LogP contribution in [-0.2, 0) is 0 Å². The molecule has 0 spiro atoms. The highest BCUT2D eigenvalue weighted by atomic mass is 15.3. The third-order valence-electron chi connectivity index (χ3n) is 2.34. The minimum Gasteiger partial charge on any atom is -0.294 e. The van der Waals surface area contributed by atoms with Gasteiger partial charge in [0.15, 0.2) is 0 Å². The summed E-state index contributed by atoms with van der Waals surface area (Å²) in [4.78, 5) is 4.71. The normalized spacial score (nSPS) is 11.4. The van der Waals surface area contributed by atoms with Gasteiger partial charge in [-0.05, 0) is 26.6 Å². The lowest BCUT2D eigenvalue weighted by Gasteiger charge is -2.25. The number of hydrogen-bond donors (Lipinski definition) is 0. The summed E-state index contributed by atoms with van der Waals surface area (Å²) >= 11 is 0. The lowest BCUT2D eigenvalue weighted by atomic mass is 10.1. The maximum absolute atomic E-state index is 2.39. The molecule has 0 fully saturated rings. The molecule has 0 saturated heterocycles. The monoisotopic (exact) mass is 220 g/mol. The van der Waals surface area contributed by atoms with E-state index in [1.54, 1.807) is 0 Å². The highest BCUT2D eigenvalue weighted by Crippen LogP contribution is 2.02. The van der Waals surface area contributed by atoms with Crippen molar-refractivity contribution in [1.29, 1.82) is 0 Å². The average Bonchev–Trinajstić information content (AvgIpc) is 2.03. The maximum atomic E-state index is 2.39. The lowest BCUT2D eigenvalue weighted by Crippen LogP contribution is -2.35. The van der Waals surface area contributed by atoms with Crippen LogP contribution in [0.2, 0.25) is 0 Å². The van der Waals surface area contributed by atoms with Gasteiger partial charge in [0.05, 0.1) is 6.67 Å². The fraction of sp³-hybridized carbons (Fsp3) is 1.00. The van der Waals surface area contributed by atoms with Gasteiger partial charge in [0.1, 0.15) is 0 Å². The van der Waals surface area contributed by atoms with Gasteiger partial charge in [-0.2, -0.15) is 0 Å². The van der Waals surface area contributed by atoms with E-state index in [9.17, 15) is 0 Å². The van der Waals surface area contributed by atoms with E-state index in [0.717, 1.165) is 19.1 Å². The van der Waals surface area contributed by atoms with Crippen molar-refractivity contribution < 1.29 is 0 Å². The van der Waals surface area contributed by atoms with Crippen LogP contribution in [0.3, 0.4) is 0 Å². The summed E-state index contributed by atoms with van der Waals surface area (Å²) in [5.74, 6) is 0.820. The highest BCUT2D eigenvalue weighted by molar-refractivity contribution is 4.56. The van der Waals surface area contributed by atoms with Gasteiger partial charge in [0, 0.05) is 6.54 Å². The number of rotatable bonds is 6. The SMILES string of the molecule is C.C.C.CCC(C)CN(C)CN(C)CC. The second kappa shape index (κ2) is 13.9. The molecule has 0 aliphatic heterocycles. The van der Waals surface area contributed by atoms with Crippen LogP contribution in [0.15, 0.2) is 0 Å². The van der Waals surface area contributed by atoms with E-state index in [-0.39, 0.29) is 22.3 Å². The molecule has 0 saturated carbocycles. The number of nitrogens with zero attached hydrogens (tertiary/aromatic N) is 2. The second-order valence-corrected chi connectivity index (χ2v) is 3.87. The van der Waals surface area contributed by atoms with Crippen LogP contribution < -0.4 is 0 Å². The van der Waals surface area contributed by atoms with E-state index in [0.29, 0.717) is 0 Å². The number of hydrogen-bond acceptors (Lipinski definition) is 2. The minimum atomic E-state index is 0. The Balaban J connectivity index is -0.000000202. The fourth-order valence-electron chi connectivity index (χ4n) is 1.23. The zero-order valence-corrected chi connectivity index (χ0v) is 9.30. The van der Waals surface area contributed by atoms with Crippen LogP contribution >= 0.6 is 0 Å². The van der Waals surface area contributed by atoms with Gasteiger partial charge in [-0.1, -0.05) is 49.5 Å². The summed E-state index contributed by atoms with van der Waals surface area (Å²) < 4.78 is 0. The Kier molecular flexibility index (Phi) is 22.5. The molecule has 0 aromatic rings. The van der Waals surface area contributed by atoms with Crippen molar-refractivity contribution >= 4 is 0 Å². The van der Waals surface area contributed by atoms with Crippen LogP contribution in [0.4, 0.5) is 0 Å². The largest absolute Gasteiger partial charge is 0.294 e. The molecule has 1 atom stereocenters. The Hall–Kier alpha value is -0.0800.